The van der Waals surface area contributed by atoms with Crippen LogP contribution in [0.15, 0.2) is 36.5 Å². The lowest BCUT2D eigenvalue weighted by atomic mass is 10.0. The molecule has 2 atom stereocenters. The molecular weight excluding hydrogens is 466 g/mol. The van der Waals surface area contributed by atoms with Gasteiger partial charge in [-0.25, -0.2) is 9.37 Å². The smallest absolute Gasteiger partial charge is 0.383 e. The second kappa shape index (κ2) is 7.38. The van der Waals surface area contributed by atoms with E-state index in [1.54, 1.807) is 17.9 Å². The summed E-state index contributed by atoms with van der Waals surface area (Å²) in [5.41, 5.74) is 7.05. The van der Waals surface area contributed by atoms with Crippen LogP contribution in [0, 0.1) is 5.82 Å². The van der Waals surface area contributed by atoms with Crippen molar-refractivity contribution in [1.29, 1.82) is 0 Å². The van der Waals surface area contributed by atoms with Gasteiger partial charge in [-0.3, -0.25) is 9.48 Å². The molecule has 1 fully saturated rings. The fourth-order valence-corrected chi connectivity index (χ4v) is 5.26. The number of carbonyl (C=O) groups excluding carboxylic acids is 1. The third kappa shape index (κ3) is 3.25. The fourth-order valence-electron chi connectivity index (χ4n) is 5.26. The van der Waals surface area contributed by atoms with Crippen LogP contribution in [-0.4, -0.2) is 44.8 Å². The van der Waals surface area contributed by atoms with E-state index in [1.807, 2.05) is 0 Å². The van der Waals surface area contributed by atoms with Crippen LogP contribution in [0.2, 0.25) is 0 Å². The Morgan fingerprint density at radius 3 is 2.77 bits per heavy atom. The Bertz CT molecular complexity index is 1530. The first-order chi connectivity index (χ1) is 16.6. The molecular formula is C24H19F4N5O2. The van der Waals surface area contributed by atoms with E-state index in [2.05, 4.69) is 10.1 Å². The van der Waals surface area contributed by atoms with E-state index in [-0.39, 0.29) is 31.0 Å². The van der Waals surface area contributed by atoms with Crippen LogP contribution >= 0.6 is 0 Å². The molecule has 1 aliphatic heterocycles. The van der Waals surface area contributed by atoms with Gasteiger partial charge in [-0.15, -0.1) is 0 Å². The van der Waals surface area contributed by atoms with Gasteiger partial charge in [0.05, 0.1) is 52.5 Å². The van der Waals surface area contributed by atoms with Crippen molar-refractivity contribution in [2.45, 2.75) is 24.7 Å². The molecule has 0 bridgehead atoms. The largest absolute Gasteiger partial charge is 0.416 e. The van der Waals surface area contributed by atoms with E-state index in [0.717, 1.165) is 12.1 Å². The van der Waals surface area contributed by atoms with Gasteiger partial charge in [0.1, 0.15) is 11.6 Å². The van der Waals surface area contributed by atoms with E-state index < -0.39 is 35.6 Å². The van der Waals surface area contributed by atoms with Crippen LogP contribution < -0.4 is 5.73 Å². The number of benzene rings is 2. The maximum absolute atomic E-state index is 15.2. The Kier molecular flexibility index (Phi) is 4.59. The average Bonchev–Trinajstić information content (AvgIpc) is 3.38. The summed E-state index contributed by atoms with van der Waals surface area (Å²) in [6.07, 6.45) is -3.17. The van der Waals surface area contributed by atoms with E-state index in [1.165, 1.54) is 23.1 Å². The predicted molar refractivity (Wildman–Crippen MR) is 119 cm³/mol. The number of hydrogen-bond donors (Lipinski definition) is 1. The summed E-state index contributed by atoms with van der Waals surface area (Å²) in [4.78, 5) is 19.4. The molecule has 2 aromatic carbocycles. The highest BCUT2D eigenvalue weighted by molar-refractivity contribution is 6.10. The van der Waals surface area contributed by atoms with Crippen molar-refractivity contribution in [1.82, 2.24) is 19.7 Å². The first-order valence-electron chi connectivity index (χ1n) is 11.0. The highest BCUT2D eigenvalue weighted by atomic mass is 19.4. The van der Waals surface area contributed by atoms with Crippen molar-refractivity contribution >= 4 is 33.5 Å². The zero-order valence-corrected chi connectivity index (χ0v) is 18.4. The molecule has 1 amide bonds. The van der Waals surface area contributed by atoms with Crippen LogP contribution in [0.5, 0.6) is 0 Å². The molecule has 2 N–H and O–H groups in total. The Hall–Kier alpha value is -3.73. The number of fused-ring (bicyclic) bond motifs is 6. The molecule has 3 heterocycles. The van der Waals surface area contributed by atoms with E-state index in [9.17, 15) is 18.0 Å². The number of anilines is 1. The molecule has 2 aliphatic rings. The minimum atomic E-state index is -4.47. The van der Waals surface area contributed by atoms with Crippen molar-refractivity contribution < 1.29 is 27.1 Å². The van der Waals surface area contributed by atoms with Crippen LogP contribution in [0.3, 0.4) is 0 Å². The number of nitrogen functional groups attached to an aromatic ring is 1. The van der Waals surface area contributed by atoms with Gasteiger partial charge in [-0.1, -0.05) is 6.07 Å². The maximum atomic E-state index is 15.2. The molecule has 180 valence electrons. The summed E-state index contributed by atoms with van der Waals surface area (Å²) < 4.78 is 62.2. The summed E-state index contributed by atoms with van der Waals surface area (Å²) in [6, 6.07) is 5.50. The summed E-state index contributed by atoms with van der Waals surface area (Å²) >= 11 is 0. The SMILES string of the molecule is Cn1ncc2c(N)nc3cc(F)c(C(=O)N4CCO[C@@H]5Cc6cc(C(F)(F)F)ccc6[C@@H]54)cc3c21. The second-order valence-electron chi connectivity index (χ2n) is 8.84. The van der Waals surface area contributed by atoms with E-state index in [4.69, 9.17) is 10.5 Å². The van der Waals surface area contributed by atoms with Gasteiger partial charge >= 0.3 is 6.18 Å². The number of hydrogen-bond acceptors (Lipinski definition) is 5. The minimum Gasteiger partial charge on any atom is -0.383 e. The molecule has 4 aromatic rings. The first-order valence-corrected chi connectivity index (χ1v) is 11.0. The molecule has 35 heavy (non-hydrogen) atoms. The monoisotopic (exact) mass is 485 g/mol. The molecule has 11 heteroatoms. The number of carbonyl (C=O) groups is 1. The van der Waals surface area contributed by atoms with Crippen molar-refractivity contribution in [3.8, 4) is 0 Å². The molecule has 0 unspecified atom stereocenters. The number of rotatable bonds is 1. The van der Waals surface area contributed by atoms with Gasteiger partial charge in [0, 0.05) is 31.5 Å². The summed E-state index contributed by atoms with van der Waals surface area (Å²) in [6.45, 7) is 0.380. The van der Waals surface area contributed by atoms with Gasteiger partial charge in [-0.2, -0.15) is 18.3 Å². The number of halogens is 4. The number of aromatic nitrogens is 3. The van der Waals surface area contributed by atoms with Crippen LogP contribution in [0.25, 0.3) is 21.8 Å². The maximum Gasteiger partial charge on any atom is 0.416 e. The zero-order valence-electron chi connectivity index (χ0n) is 18.4. The number of alkyl halides is 3. The number of morpholine rings is 1. The highest BCUT2D eigenvalue weighted by Crippen LogP contribution is 2.43. The van der Waals surface area contributed by atoms with Crippen molar-refractivity contribution in [2.75, 3.05) is 18.9 Å². The Morgan fingerprint density at radius 1 is 1.20 bits per heavy atom. The topological polar surface area (TPSA) is 86.3 Å². The summed E-state index contributed by atoms with van der Waals surface area (Å²) in [5, 5.41) is 5.30. The number of nitrogens with zero attached hydrogens (tertiary/aromatic N) is 4. The fraction of sp³-hybridized carbons (Fsp3) is 0.292. The highest BCUT2D eigenvalue weighted by Gasteiger charge is 2.44. The Morgan fingerprint density at radius 2 is 2.00 bits per heavy atom. The van der Waals surface area contributed by atoms with Gasteiger partial charge in [0.15, 0.2) is 0 Å². The lowest BCUT2D eigenvalue weighted by Gasteiger charge is -2.38. The molecule has 2 aromatic heterocycles. The molecule has 0 radical (unpaired) electrons. The molecule has 1 saturated heterocycles. The van der Waals surface area contributed by atoms with Crippen LogP contribution in [0.1, 0.15) is 33.1 Å². The second-order valence-corrected chi connectivity index (χ2v) is 8.84. The summed E-state index contributed by atoms with van der Waals surface area (Å²) in [5.74, 6) is -1.12. The van der Waals surface area contributed by atoms with Crippen molar-refractivity contribution in [2.24, 2.45) is 7.05 Å². The van der Waals surface area contributed by atoms with Crippen molar-refractivity contribution in [3.05, 3.63) is 64.6 Å². The lowest BCUT2D eigenvalue weighted by Crippen LogP contribution is -2.46. The molecule has 6 rings (SSSR count). The number of pyridine rings is 1. The number of ether oxygens (including phenoxy) is 1. The third-order valence-electron chi connectivity index (χ3n) is 6.85. The van der Waals surface area contributed by atoms with Gasteiger partial charge in [-0.05, 0) is 29.3 Å². The minimum absolute atomic E-state index is 0.160. The summed E-state index contributed by atoms with van der Waals surface area (Å²) in [7, 11) is 1.71. The van der Waals surface area contributed by atoms with Crippen LogP contribution in [-0.2, 0) is 24.4 Å². The van der Waals surface area contributed by atoms with E-state index in [0.29, 0.717) is 32.9 Å². The lowest BCUT2D eigenvalue weighted by molar-refractivity contribution is -0.137. The van der Waals surface area contributed by atoms with Gasteiger partial charge in [0.2, 0.25) is 0 Å². The number of nitrogens with two attached hydrogens (primary N) is 1. The number of amides is 1. The average molecular weight is 485 g/mol. The van der Waals surface area contributed by atoms with Gasteiger partial charge in [0.25, 0.3) is 5.91 Å². The first kappa shape index (κ1) is 21.8. The molecule has 0 saturated carbocycles. The Labute approximate surface area is 196 Å². The zero-order chi connectivity index (χ0) is 24.6. The van der Waals surface area contributed by atoms with E-state index >= 15 is 4.39 Å². The third-order valence-corrected chi connectivity index (χ3v) is 6.85. The molecule has 0 spiro atoms. The Balaban J connectivity index is 1.44. The number of aryl methyl sites for hydroxylation is 1. The molecule has 7 nitrogen and oxygen atoms in total. The predicted octanol–water partition coefficient (Wildman–Crippen LogP) is 4.00. The molecule has 1 aliphatic carbocycles. The standard InChI is InChI=1S/C24H19F4N5O2/c1-32-20-15-8-14(17(25)9-18(15)31-22(29)16(20)10-30-32)23(34)33-4-5-35-19-7-11-6-12(24(26,27)28)2-3-13(11)21(19)33/h2-3,6,8-10,19,21H,4-5,7H2,1H3,(H2,29,31)/t19-,21+/m1/s1. The van der Waals surface area contributed by atoms with Gasteiger partial charge < -0.3 is 15.4 Å². The quantitative estimate of drug-likeness (QED) is 0.412. The normalized spacial score (nSPS) is 19.9. The van der Waals surface area contributed by atoms with Crippen LogP contribution in [0.4, 0.5) is 23.4 Å². The van der Waals surface area contributed by atoms with Crippen molar-refractivity contribution in [3.63, 3.8) is 0 Å².